The zero-order valence-corrected chi connectivity index (χ0v) is 16.1. The zero-order valence-electron chi connectivity index (χ0n) is 11.3. The van der Waals surface area contributed by atoms with E-state index in [1.54, 1.807) is 7.11 Å². The maximum absolute atomic E-state index is 6.03. The number of methoxy groups -OCH3 is 1. The number of hydrogen-bond donors (Lipinski definition) is 1. The molecule has 1 aromatic rings. The Morgan fingerprint density at radius 2 is 2.15 bits per heavy atom. The highest BCUT2D eigenvalue weighted by Gasteiger charge is 2.12. The van der Waals surface area contributed by atoms with E-state index in [0.29, 0.717) is 12.5 Å². The number of hydrogen-bond acceptors (Lipinski definition) is 3. The van der Waals surface area contributed by atoms with Gasteiger partial charge in [0.25, 0.3) is 0 Å². The van der Waals surface area contributed by atoms with Gasteiger partial charge in [-0.25, -0.2) is 4.99 Å². The van der Waals surface area contributed by atoms with Crippen molar-refractivity contribution in [2.75, 3.05) is 31.7 Å². The third-order valence-corrected chi connectivity index (χ3v) is 4.43. The van der Waals surface area contributed by atoms with E-state index in [1.165, 1.54) is 0 Å². The first-order valence-corrected chi connectivity index (χ1v) is 8.10. The van der Waals surface area contributed by atoms with Crippen molar-refractivity contribution in [2.45, 2.75) is 6.54 Å². The predicted octanol–water partition coefficient (Wildman–Crippen LogP) is 2.94. The van der Waals surface area contributed by atoms with E-state index in [9.17, 15) is 0 Å². The maximum atomic E-state index is 6.03. The summed E-state index contributed by atoms with van der Waals surface area (Å²) in [6, 6.07) is 5.94. The van der Waals surface area contributed by atoms with Crippen LogP contribution in [0.15, 0.2) is 27.7 Å². The van der Waals surface area contributed by atoms with Crippen molar-refractivity contribution in [3.63, 3.8) is 0 Å². The fourth-order valence-corrected chi connectivity index (χ4v) is 3.15. The molecule has 1 aliphatic rings. The van der Waals surface area contributed by atoms with E-state index in [0.717, 1.165) is 40.4 Å². The molecule has 0 spiro atoms. The first kappa shape index (κ1) is 17.9. The molecule has 112 valence electrons. The fraction of sp³-hybridized carbons (Fsp3) is 0.462. The van der Waals surface area contributed by atoms with Gasteiger partial charge in [-0.05, 0) is 12.1 Å². The van der Waals surface area contributed by atoms with Crippen molar-refractivity contribution in [1.82, 2.24) is 4.90 Å². The normalized spacial score (nSPS) is 15.7. The van der Waals surface area contributed by atoms with Crippen molar-refractivity contribution in [3.05, 3.63) is 28.2 Å². The molecule has 0 unspecified atom stereocenters. The fourth-order valence-electron chi connectivity index (χ4n) is 1.91. The van der Waals surface area contributed by atoms with Gasteiger partial charge in [-0.3, -0.25) is 0 Å². The minimum atomic E-state index is 0. The summed E-state index contributed by atoms with van der Waals surface area (Å²) in [5, 5.41) is 0. The summed E-state index contributed by atoms with van der Waals surface area (Å²) < 4.78 is 6.35. The van der Waals surface area contributed by atoms with Crippen LogP contribution in [0, 0.1) is 0 Å². The molecule has 7 heteroatoms. The van der Waals surface area contributed by atoms with Gasteiger partial charge in [-0.2, -0.15) is 11.8 Å². The smallest absolute Gasteiger partial charge is 0.191 e. The van der Waals surface area contributed by atoms with Gasteiger partial charge in [0.2, 0.25) is 0 Å². The number of guanidine groups is 1. The molecule has 0 aromatic heterocycles. The van der Waals surface area contributed by atoms with Gasteiger partial charge >= 0.3 is 0 Å². The first-order chi connectivity index (χ1) is 9.20. The Labute approximate surface area is 149 Å². The quantitative estimate of drug-likeness (QED) is 0.418. The molecule has 0 aliphatic carbocycles. The molecule has 4 nitrogen and oxygen atoms in total. The molecule has 1 heterocycles. The van der Waals surface area contributed by atoms with Crippen LogP contribution in [0.5, 0.6) is 5.75 Å². The Kier molecular flexibility index (Phi) is 8.04. The minimum Gasteiger partial charge on any atom is -0.496 e. The van der Waals surface area contributed by atoms with Gasteiger partial charge in [-0.1, -0.05) is 22.0 Å². The van der Waals surface area contributed by atoms with Crippen molar-refractivity contribution >= 4 is 57.6 Å². The van der Waals surface area contributed by atoms with Gasteiger partial charge < -0.3 is 15.4 Å². The lowest BCUT2D eigenvalue weighted by Gasteiger charge is -2.27. The monoisotopic (exact) mass is 471 g/mol. The van der Waals surface area contributed by atoms with Crippen molar-refractivity contribution in [1.29, 1.82) is 0 Å². The van der Waals surface area contributed by atoms with Gasteiger partial charge in [-0.15, -0.1) is 24.0 Å². The number of thioether (sulfide) groups is 1. The van der Waals surface area contributed by atoms with Crippen LogP contribution in [0.25, 0.3) is 0 Å². The lowest BCUT2D eigenvalue weighted by molar-refractivity contribution is 0.409. The van der Waals surface area contributed by atoms with Crippen LogP contribution in [-0.4, -0.2) is 42.6 Å². The second-order valence-electron chi connectivity index (χ2n) is 4.23. The summed E-state index contributed by atoms with van der Waals surface area (Å²) in [5.41, 5.74) is 7.08. The highest BCUT2D eigenvalue weighted by atomic mass is 127. The van der Waals surface area contributed by atoms with Crippen molar-refractivity contribution in [2.24, 2.45) is 10.7 Å². The van der Waals surface area contributed by atoms with E-state index < -0.39 is 0 Å². The maximum Gasteiger partial charge on any atom is 0.191 e. The van der Waals surface area contributed by atoms with E-state index in [-0.39, 0.29) is 24.0 Å². The predicted molar refractivity (Wildman–Crippen MR) is 100 cm³/mol. The summed E-state index contributed by atoms with van der Waals surface area (Å²) in [5.74, 6) is 3.71. The zero-order chi connectivity index (χ0) is 13.7. The molecule has 1 fully saturated rings. The number of nitrogens with zero attached hydrogens (tertiary/aromatic N) is 2. The Hall–Kier alpha value is -0.150. The molecule has 0 bridgehead atoms. The van der Waals surface area contributed by atoms with Crippen LogP contribution in [0.3, 0.4) is 0 Å². The Bertz CT molecular complexity index is 467. The number of aliphatic imine (C=N–C) groups is 1. The molecule has 20 heavy (non-hydrogen) atoms. The van der Waals surface area contributed by atoms with E-state index in [4.69, 9.17) is 10.5 Å². The van der Waals surface area contributed by atoms with Crippen molar-refractivity contribution < 1.29 is 4.74 Å². The molecule has 1 saturated heterocycles. The van der Waals surface area contributed by atoms with Crippen LogP contribution >= 0.6 is 51.7 Å². The van der Waals surface area contributed by atoms with Crippen LogP contribution < -0.4 is 10.5 Å². The average Bonchev–Trinajstić information content (AvgIpc) is 2.46. The largest absolute Gasteiger partial charge is 0.496 e. The molecule has 0 atom stereocenters. The molecule has 2 N–H and O–H groups in total. The third kappa shape index (κ3) is 5.00. The molecule has 0 radical (unpaired) electrons. The molecular formula is C13H19BrIN3OS. The Morgan fingerprint density at radius 1 is 1.45 bits per heavy atom. The highest BCUT2D eigenvalue weighted by Crippen LogP contribution is 2.24. The van der Waals surface area contributed by atoms with Crippen LogP contribution in [0.1, 0.15) is 5.56 Å². The van der Waals surface area contributed by atoms with Crippen LogP contribution in [0.2, 0.25) is 0 Å². The van der Waals surface area contributed by atoms with E-state index in [2.05, 4.69) is 25.8 Å². The second kappa shape index (κ2) is 8.99. The summed E-state index contributed by atoms with van der Waals surface area (Å²) in [4.78, 5) is 6.61. The van der Waals surface area contributed by atoms with Gasteiger partial charge in [0.05, 0.1) is 13.7 Å². The van der Waals surface area contributed by atoms with E-state index in [1.807, 2.05) is 30.0 Å². The van der Waals surface area contributed by atoms with Crippen LogP contribution in [0.4, 0.5) is 0 Å². The molecule has 0 amide bonds. The molecular weight excluding hydrogens is 453 g/mol. The summed E-state index contributed by atoms with van der Waals surface area (Å²) in [7, 11) is 1.67. The summed E-state index contributed by atoms with van der Waals surface area (Å²) in [6.07, 6.45) is 0. The summed E-state index contributed by atoms with van der Waals surface area (Å²) in [6.45, 7) is 2.51. The van der Waals surface area contributed by atoms with Gasteiger partial charge in [0.15, 0.2) is 5.96 Å². The SMILES string of the molecule is COc1cc(Br)ccc1CN=C(N)N1CCSCC1.I. The van der Waals surface area contributed by atoms with E-state index >= 15 is 0 Å². The number of rotatable bonds is 3. The molecule has 2 rings (SSSR count). The topological polar surface area (TPSA) is 50.9 Å². The average molecular weight is 472 g/mol. The second-order valence-corrected chi connectivity index (χ2v) is 6.37. The standard InChI is InChI=1S/C13H18BrN3OS.HI/c1-18-12-8-11(14)3-2-10(12)9-16-13(15)17-4-6-19-7-5-17;/h2-3,8H,4-7,9H2,1H3,(H2,15,16);1H. The number of nitrogens with two attached hydrogens (primary N) is 1. The lowest BCUT2D eigenvalue weighted by atomic mass is 10.2. The Morgan fingerprint density at radius 3 is 2.80 bits per heavy atom. The molecule has 0 saturated carbocycles. The minimum absolute atomic E-state index is 0. The van der Waals surface area contributed by atoms with Crippen LogP contribution in [-0.2, 0) is 6.54 Å². The third-order valence-electron chi connectivity index (χ3n) is 3.00. The number of halogens is 2. The number of benzene rings is 1. The highest BCUT2D eigenvalue weighted by molar-refractivity contribution is 14.0. The molecule has 1 aromatic carbocycles. The number of ether oxygens (including phenoxy) is 1. The first-order valence-electron chi connectivity index (χ1n) is 6.15. The molecule has 1 aliphatic heterocycles. The van der Waals surface area contributed by atoms with Gasteiger partial charge in [0, 0.05) is 34.6 Å². The Balaban J connectivity index is 0.00000200. The van der Waals surface area contributed by atoms with Gasteiger partial charge in [0.1, 0.15) is 5.75 Å². The lowest BCUT2D eigenvalue weighted by Crippen LogP contribution is -2.42. The summed E-state index contributed by atoms with van der Waals surface area (Å²) >= 11 is 5.39. The van der Waals surface area contributed by atoms with Crippen molar-refractivity contribution in [3.8, 4) is 5.75 Å².